The maximum atomic E-state index is 12.0. The van der Waals surface area contributed by atoms with Crippen LogP contribution in [0.25, 0.3) is 10.9 Å². The number of halogens is 1. The fourth-order valence-electron chi connectivity index (χ4n) is 3.39. The van der Waals surface area contributed by atoms with Crippen LogP contribution in [0.5, 0.6) is 0 Å². The summed E-state index contributed by atoms with van der Waals surface area (Å²) in [7, 11) is 0. The molecule has 130 valence electrons. The van der Waals surface area contributed by atoms with Gasteiger partial charge in [-0.2, -0.15) is 0 Å². The van der Waals surface area contributed by atoms with Gasteiger partial charge in [0.05, 0.1) is 0 Å². The second-order valence-electron chi connectivity index (χ2n) is 6.55. The molecule has 1 saturated carbocycles. The van der Waals surface area contributed by atoms with Gasteiger partial charge >= 0.3 is 6.03 Å². The lowest BCUT2D eigenvalue weighted by Crippen LogP contribution is -2.44. The molecule has 1 aliphatic rings. The van der Waals surface area contributed by atoms with Crippen LogP contribution in [0.15, 0.2) is 24.4 Å². The van der Waals surface area contributed by atoms with E-state index in [1.54, 1.807) is 0 Å². The van der Waals surface area contributed by atoms with E-state index in [9.17, 15) is 4.79 Å². The summed E-state index contributed by atoms with van der Waals surface area (Å²) in [5.74, 6) is 0.403. The van der Waals surface area contributed by atoms with Crippen LogP contribution >= 0.6 is 11.6 Å². The number of rotatable bonds is 5. The topological polar surface area (TPSA) is 77.2 Å². The number of hydrogen-bond donors (Lipinski definition) is 4. The minimum absolute atomic E-state index is 0.111. The summed E-state index contributed by atoms with van der Waals surface area (Å²) in [5, 5.41) is 16.9. The third-order valence-corrected chi connectivity index (χ3v) is 5.08. The van der Waals surface area contributed by atoms with E-state index in [1.807, 2.05) is 24.4 Å². The van der Waals surface area contributed by atoms with Crippen molar-refractivity contribution in [1.82, 2.24) is 15.6 Å². The van der Waals surface area contributed by atoms with E-state index in [0.717, 1.165) is 48.6 Å². The Morgan fingerprint density at radius 2 is 2.08 bits per heavy atom. The van der Waals surface area contributed by atoms with Crippen molar-refractivity contribution in [2.45, 2.75) is 38.1 Å². The highest BCUT2D eigenvalue weighted by atomic mass is 35.5. The molecule has 1 heterocycles. The number of H-pyrrole nitrogens is 1. The highest BCUT2D eigenvalue weighted by Gasteiger charge is 2.21. The number of carbonyl (C=O) groups is 1. The number of benzene rings is 1. The van der Waals surface area contributed by atoms with E-state index in [4.69, 9.17) is 16.7 Å². The van der Waals surface area contributed by atoms with E-state index in [2.05, 4.69) is 15.6 Å². The monoisotopic (exact) mass is 349 g/mol. The number of amides is 2. The Kier molecular flexibility index (Phi) is 5.63. The zero-order valence-electron chi connectivity index (χ0n) is 13.6. The maximum Gasteiger partial charge on any atom is 0.315 e. The van der Waals surface area contributed by atoms with E-state index in [0.29, 0.717) is 17.5 Å². The summed E-state index contributed by atoms with van der Waals surface area (Å²) in [6, 6.07) is 5.88. The predicted octanol–water partition coefficient (Wildman–Crippen LogP) is 3.21. The van der Waals surface area contributed by atoms with Gasteiger partial charge in [0.1, 0.15) is 0 Å². The van der Waals surface area contributed by atoms with E-state index in [-0.39, 0.29) is 18.7 Å². The van der Waals surface area contributed by atoms with E-state index < -0.39 is 0 Å². The fraction of sp³-hybridized carbons (Fsp3) is 0.500. The Balaban J connectivity index is 1.44. The van der Waals surface area contributed by atoms with Gasteiger partial charge in [-0.3, -0.25) is 0 Å². The van der Waals surface area contributed by atoms with E-state index >= 15 is 0 Å². The number of fused-ring (bicyclic) bond motifs is 1. The number of urea groups is 1. The second kappa shape index (κ2) is 7.90. The summed E-state index contributed by atoms with van der Waals surface area (Å²) in [6.45, 7) is 0.838. The summed E-state index contributed by atoms with van der Waals surface area (Å²) in [5.41, 5.74) is 2.20. The minimum atomic E-state index is -0.111. The molecule has 5 nitrogen and oxygen atoms in total. The van der Waals surface area contributed by atoms with Crippen LogP contribution < -0.4 is 10.6 Å². The average Bonchev–Trinajstić information content (AvgIpc) is 2.98. The Labute approximate surface area is 146 Å². The Bertz CT molecular complexity index is 693. The molecule has 1 aliphatic carbocycles. The summed E-state index contributed by atoms with van der Waals surface area (Å²) in [4.78, 5) is 15.2. The van der Waals surface area contributed by atoms with Crippen molar-refractivity contribution in [3.8, 4) is 0 Å². The van der Waals surface area contributed by atoms with Crippen molar-refractivity contribution in [3.05, 3.63) is 35.0 Å². The predicted molar refractivity (Wildman–Crippen MR) is 96.4 cm³/mol. The minimum Gasteiger partial charge on any atom is -0.396 e. The summed E-state index contributed by atoms with van der Waals surface area (Å²) < 4.78 is 0. The van der Waals surface area contributed by atoms with Gasteiger partial charge in [-0.15, -0.1) is 0 Å². The zero-order chi connectivity index (χ0) is 16.9. The van der Waals surface area contributed by atoms with Crippen LogP contribution in [0.2, 0.25) is 5.02 Å². The van der Waals surface area contributed by atoms with Crippen LogP contribution in [0, 0.1) is 5.92 Å². The van der Waals surface area contributed by atoms with Crippen LogP contribution in [0.3, 0.4) is 0 Å². The molecule has 2 aromatic rings. The molecule has 0 aliphatic heterocycles. The molecule has 2 amide bonds. The molecule has 0 radical (unpaired) electrons. The van der Waals surface area contributed by atoms with Gasteiger partial charge in [0.15, 0.2) is 0 Å². The highest BCUT2D eigenvalue weighted by molar-refractivity contribution is 6.31. The SMILES string of the molecule is O=C(NCCc1c[nH]c2ccc(Cl)cc12)NC1CCC(CO)CC1. The molecule has 4 N–H and O–H groups in total. The molecule has 0 saturated heterocycles. The lowest BCUT2D eigenvalue weighted by atomic mass is 9.87. The molecule has 0 atom stereocenters. The quantitative estimate of drug-likeness (QED) is 0.669. The number of aromatic nitrogens is 1. The Morgan fingerprint density at radius 1 is 1.29 bits per heavy atom. The van der Waals surface area contributed by atoms with E-state index in [1.165, 1.54) is 0 Å². The molecule has 24 heavy (non-hydrogen) atoms. The first kappa shape index (κ1) is 17.1. The molecule has 1 fully saturated rings. The molecular formula is C18H24ClN3O2. The van der Waals surface area contributed by atoms with Gasteiger partial charge in [-0.25, -0.2) is 4.79 Å². The lowest BCUT2D eigenvalue weighted by Gasteiger charge is -2.27. The molecule has 1 aromatic carbocycles. The Morgan fingerprint density at radius 3 is 2.83 bits per heavy atom. The van der Waals surface area contributed by atoms with Crippen LogP contribution in [0.1, 0.15) is 31.2 Å². The number of nitrogens with one attached hydrogen (secondary N) is 3. The summed E-state index contributed by atoms with van der Waals surface area (Å²) >= 11 is 6.05. The van der Waals surface area contributed by atoms with Gasteiger partial charge in [-0.1, -0.05) is 11.6 Å². The molecule has 1 aromatic heterocycles. The normalized spacial score (nSPS) is 20.9. The maximum absolute atomic E-state index is 12.0. The number of carbonyl (C=O) groups excluding carboxylic acids is 1. The third-order valence-electron chi connectivity index (χ3n) is 4.85. The number of aromatic amines is 1. The zero-order valence-corrected chi connectivity index (χ0v) is 14.4. The largest absolute Gasteiger partial charge is 0.396 e. The third kappa shape index (κ3) is 4.22. The van der Waals surface area contributed by atoms with Crippen molar-refractivity contribution >= 4 is 28.5 Å². The fourth-order valence-corrected chi connectivity index (χ4v) is 3.57. The molecule has 3 rings (SSSR count). The number of aliphatic hydroxyl groups is 1. The first-order valence-corrected chi connectivity index (χ1v) is 8.94. The van der Waals surface area contributed by atoms with Crippen molar-refractivity contribution < 1.29 is 9.90 Å². The Hall–Kier alpha value is -1.72. The van der Waals surface area contributed by atoms with Crippen molar-refractivity contribution in [3.63, 3.8) is 0 Å². The van der Waals surface area contributed by atoms with Crippen molar-refractivity contribution in [2.24, 2.45) is 5.92 Å². The van der Waals surface area contributed by atoms with Gasteiger partial charge in [0.2, 0.25) is 0 Å². The molecule has 0 unspecified atom stereocenters. The number of aliphatic hydroxyl groups excluding tert-OH is 1. The van der Waals surface area contributed by atoms with Gasteiger partial charge in [-0.05, 0) is 61.8 Å². The number of hydrogen-bond acceptors (Lipinski definition) is 2. The highest BCUT2D eigenvalue weighted by Crippen LogP contribution is 2.24. The summed E-state index contributed by atoms with van der Waals surface area (Å²) in [6.07, 6.45) is 6.58. The van der Waals surface area contributed by atoms with Gasteiger partial charge < -0.3 is 20.7 Å². The van der Waals surface area contributed by atoms with Crippen LogP contribution in [-0.4, -0.2) is 35.3 Å². The first-order chi connectivity index (χ1) is 11.7. The second-order valence-corrected chi connectivity index (χ2v) is 6.99. The molecule has 0 spiro atoms. The molecular weight excluding hydrogens is 326 g/mol. The van der Waals surface area contributed by atoms with Gasteiger partial charge in [0, 0.05) is 41.3 Å². The average molecular weight is 350 g/mol. The molecule has 0 bridgehead atoms. The lowest BCUT2D eigenvalue weighted by molar-refractivity contribution is 0.174. The smallest absolute Gasteiger partial charge is 0.315 e. The standard InChI is InChI=1S/C18H24ClN3O2/c19-14-3-6-17-16(9-14)13(10-21-17)7-8-20-18(24)22-15-4-1-12(11-23)2-5-15/h3,6,9-10,12,15,21,23H,1-2,4-5,7-8,11H2,(H2,20,22,24). The van der Waals surface area contributed by atoms with Crippen LogP contribution in [-0.2, 0) is 6.42 Å². The van der Waals surface area contributed by atoms with Crippen LogP contribution in [0.4, 0.5) is 4.79 Å². The molecule has 6 heteroatoms. The first-order valence-electron chi connectivity index (χ1n) is 8.56. The van der Waals surface area contributed by atoms with Gasteiger partial charge in [0.25, 0.3) is 0 Å². The van der Waals surface area contributed by atoms with Crippen molar-refractivity contribution in [1.29, 1.82) is 0 Å². The van der Waals surface area contributed by atoms with Crippen molar-refractivity contribution in [2.75, 3.05) is 13.2 Å².